The fraction of sp³-hybridized carbons (Fsp3) is 0.500. The lowest BCUT2D eigenvalue weighted by Gasteiger charge is -2.18. The third-order valence-corrected chi connectivity index (χ3v) is 3.90. The minimum atomic E-state index is 0.0741. The molecule has 0 fully saturated rings. The van der Waals surface area contributed by atoms with Crippen molar-refractivity contribution in [3.05, 3.63) is 28.6 Å². The molecule has 0 saturated carbocycles. The number of aryl methyl sites for hydroxylation is 2. The maximum absolute atomic E-state index is 5.77. The molecule has 2 rings (SSSR count). The molecule has 0 aliphatic carbocycles. The van der Waals surface area contributed by atoms with Crippen LogP contribution in [-0.2, 0) is 6.54 Å². The van der Waals surface area contributed by atoms with Gasteiger partial charge in [-0.1, -0.05) is 0 Å². The highest BCUT2D eigenvalue weighted by Crippen LogP contribution is 2.31. The molecule has 0 saturated heterocycles. The van der Waals surface area contributed by atoms with Gasteiger partial charge in [-0.2, -0.15) is 0 Å². The maximum atomic E-state index is 5.77. The number of aromatic nitrogens is 1. The standard InChI is InChI=1S/C14H20N2OS/c1-9-6-12(18-10(9)2)11-7-15-13(17-11)8-16-14(3,4)5/h6-7,16H,8H2,1-5H3. The third-order valence-electron chi connectivity index (χ3n) is 2.73. The van der Waals surface area contributed by atoms with Crippen molar-refractivity contribution >= 4 is 11.3 Å². The fourth-order valence-corrected chi connectivity index (χ4v) is 2.52. The second kappa shape index (κ2) is 4.86. The number of thiophene rings is 1. The zero-order valence-electron chi connectivity index (χ0n) is 11.6. The van der Waals surface area contributed by atoms with Crippen molar-refractivity contribution in [2.45, 2.75) is 46.7 Å². The summed E-state index contributed by atoms with van der Waals surface area (Å²) in [5.41, 5.74) is 1.38. The molecule has 2 aromatic rings. The van der Waals surface area contributed by atoms with Gasteiger partial charge < -0.3 is 9.73 Å². The van der Waals surface area contributed by atoms with Gasteiger partial charge in [-0.3, -0.25) is 0 Å². The van der Waals surface area contributed by atoms with Crippen LogP contribution in [0.5, 0.6) is 0 Å². The van der Waals surface area contributed by atoms with Crippen molar-refractivity contribution in [1.82, 2.24) is 10.3 Å². The van der Waals surface area contributed by atoms with E-state index in [1.165, 1.54) is 10.4 Å². The molecule has 0 aliphatic heterocycles. The Morgan fingerprint density at radius 3 is 2.61 bits per heavy atom. The van der Waals surface area contributed by atoms with Gasteiger partial charge in [0.25, 0.3) is 0 Å². The number of oxazole rings is 1. The third kappa shape index (κ3) is 3.21. The van der Waals surface area contributed by atoms with Gasteiger partial charge in [-0.05, 0) is 46.2 Å². The van der Waals surface area contributed by atoms with E-state index in [9.17, 15) is 0 Å². The summed E-state index contributed by atoms with van der Waals surface area (Å²) < 4.78 is 5.77. The van der Waals surface area contributed by atoms with Gasteiger partial charge in [0.2, 0.25) is 5.89 Å². The summed E-state index contributed by atoms with van der Waals surface area (Å²) in [5.74, 6) is 1.60. The second-order valence-electron chi connectivity index (χ2n) is 5.57. The average Bonchev–Trinajstić information content (AvgIpc) is 2.83. The van der Waals surface area contributed by atoms with Crippen LogP contribution in [0.3, 0.4) is 0 Å². The zero-order valence-corrected chi connectivity index (χ0v) is 12.4. The van der Waals surface area contributed by atoms with Crippen molar-refractivity contribution in [2.75, 3.05) is 0 Å². The summed E-state index contributed by atoms with van der Waals surface area (Å²) in [6, 6.07) is 2.15. The molecular formula is C14H20N2OS. The molecule has 0 aromatic carbocycles. The first-order valence-corrected chi connectivity index (χ1v) is 6.94. The van der Waals surface area contributed by atoms with Gasteiger partial charge in [-0.25, -0.2) is 4.98 Å². The number of hydrogen-bond donors (Lipinski definition) is 1. The van der Waals surface area contributed by atoms with E-state index in [0.717, 1.165) is 16.5 Å². The van der Waals surface area contributed by atoms with Crippen LogP contribution in [0.2, 0.25) is 0 Å². The Bertz CT molecular complexity index is 515. The van der Waals surface area contributed by atoms with Gasteiger partial charge in [0, 0.05) is 10.4 Å². The van der Waals surface area contributed by atoms with Crippen molar-refractivity contribution in [1.29, 1.82) is 0 Å². The summed E-state index contributed by atoms with van der Waals surface area (Å²) in [7, 11) is 0. The molecule has 1 N–H and O–H groups in total. The lowest BCUT2D eigenvalue weighted by molar-refractivity contribution is 0.384. The second-order valence-corrected chi connectivity index (χ2v) is 6.83. The van der Waals surface area contributed by atoms with E-state index >= 15 is 0 Å². The Balaban J connectivity index is 2.11. The molecule has 0 amide bonds. The SMILES string of the molecule is Cc1cc(-c2cnc(CNC(C)(C)C)o2)sc1C. The largest absolute Gasteiger partial charge is 0.438 e. The molecule has 98 valence electrons. The lowest BCUT2D eigenvalue weighted by atomic mass is 10.1. The summed E-state index contributed by atoms with van der Waals surface area (Å²) >= 11 is 1.75. The molecule has 0 aliphatic rings. The molecule has 0 atom stereocenters. The Morgan fingerprint density at radius 1 is 1.33 bits per heavy atom. The Kier molecular flexibility index (Phi) is 3.59. The fourth-order valence-electron chi connectivity index (χ4n) is 1.54. The van der Waals surface area contributed by atoms with E-state index in [2.05, 4.69) is 51.0 Å². The molecule has 2 aromatic heterocycles. The summed E-state index contributed by atoms with van der Waals surface area (Å²) in [6.07, 6.45) is 1.81. The van der Waals surface area contributed by atoms with Crippen LogP contribution in [0, 0.1) is 13.8 Å². The smallest absolute Gasteiger partial charge is 0.208 e. The van der Waals surface area contributed by atoms with Crippen LogP contribution in [-0.4, -0.2) is 10.5 Å². The maximum Gasteiger partial charge on any atom is 0.208 e. The van der Waals surface area contributed by atoms with E-state index in [4.69, 9.17) is 4.42 Å². The number of nitrogens with one attached hydrogen (secondary N) is 1. The summed E-state index contributed by atoms with van der Waals surface area (Å²) in [6.45, 7) is 11.3. The van der Waals surface area contributed by atoms with Gasteiger partial charge in [-0.15, -0.1) is 11.3 Å². The van der Waals surface area contributed by atoms with Crippen LogP contribution in [0.15, 0.2) is 16.7 Å². The summed E-state index contributed by atoms with van der Waals surface area (Å²) in [4.78, 5) is 6.79. The first-order chi connectivity index (χ1) is 8.35. The van der Waals surface area contributed by atoms with Crippen molar-refractivity contribution in [3.63, 3.8) is 0 Å². The molecule has 0 bridgehead atoms. The topological polar surface area (TPSA) is 38.1 Å². The van der Waals surface area contributed by atoms with Crippen LogP contribution in [0.4, 0.5) is 0 Å². The van der Waals surface area contributed by atoms with Gasteiger partial charge in [0.05, 0.1) is 17.6 Å². The van der Waals surface area contributed by atoms with E-state index in [0.29, 0.717) is 6.54 Å². The predicted molar refractivity (Wildman–Crippen MR) is 75.9 cm³/mol. The van der Waals surface area contributed by atoms with Gasteiger partial charge >= 0.3 is 0 Å². The molecule has 3 nitrogen and oxygen atoms in total. The van der Waals surface area contributed by atoms with Crippen LogP contribution >= 0.6 is 11.3 Å². The van der Waals surface area contributed by atoms with E-state index in [-0.39, 0.29) is 5.54 Å². The highest BCUT2D eigenvalue weighted by atomic mass is 32.1. The van der Waals surface area contributed by atoms with Gasteiger partial charge in [0.1, 0.15) is 0 Å². The Hall–Kier alpha value is -1.13. The molecule has 0 radical (unpaired) electrons. The lowest BCUT2D eigenvalue weighted by Crippen LogP contribution is -2.35. The molecule has 4 heteroatoms. The highest BCUT2D eigenvalue weighted by Gasteiger charge is 2.13. The minimum absolute atomic E-state index is 0.0741. The first-order valence-electron chi connectivity index (χ1n) is 6.12. The first kappa shape index (κ1) is 13.3. The molecule has 18 heavy (non-hydrogen) atoms. The van der Waals surface area contributed by atoms with Crippen LogP contribution in [0.25, 0.3) is 10.6 Å². The Morgan fingerprint density at radius 2 is 2.06 bits per heavy atom. The Labute approximate surface area is 112 Å². The molecular weight excluding hydrogens is 244 g/mol. The molecule has 0 unspecified atom stereocenters. The van der Waals surface area contributed by atoms with Crippen LogP contribution < -0.4 is 5.32 Å². The zero-order chi connectivity index (χ0) is 13.3. The highest BCUT2D eigenvalue weighted by molar-refractivity contribution is 7.15. The van der Waals surface area contributed by atoms with E-state index < -0.39 is 0 Å². The van der Waals surface area contributed by atoms with Crippen molar-refractivity contribution < 1.29 is 4.42 Å². The number of rotatable bonds is 3. The minimum Gasteiger partial charge on any atom is -0.438 e. The number of nitrogens with zero attached hydrogens (tertiary/aromatic N) is 1. The summed E-state index contributed by atoms with van der Waals surface area (Å²) in [5, 5.41) is 3.37. The van der Waals surface area contributed by atoms with Crippen molar-refractivity contribution in [2.24, 2.45) is 0 Å². The van der Waals surface area contributed by atoms with E-state index in [1.54, 1.807) is 11.3 Å². The number of hydrogen-bond acceptors (Lipinski definition) is 4. The quantitative estimate of drug-likeness (QED) is 0.913. The van der Waals surface area contributed by atoms with E-state index in [1.807, 2.05) is 6.20 Å². The monoisotopic (exact) mass is 264 g/mol. The molecule has 0 spiro atoms. The average molecular weight is 264 g/mol. The van der Waals surface area contributed by atoms with Crippen molar-refractivity contribution in [3.8, 4) is 10.6 Å². The van der Waals surface area contributed by atoms with Gasteiger partial charge in [0.15, 0.2) is 5.76 Å². The molecule has 2 heterocycles. The van der Waals surface area contributed by atoms with Crippen LogP contribution in [0.1, 0.15) is 37.1 Å². The normalized spacial score (nSPS) is 12.1. The predicted octanol–water partition coefficient (Wildman–Crippen LogP) is 3.91.